The number of carbonyl (C=O) groups excluding carboxylic acids is 1. The molecule has 0 saturated heterocycles. The standard InChI is InChI=1S/C16H23N5OS/c1-10(2)16(3,9-17)18-13(22)8-23-15-20-19-14(11-4-5-11)21(15)12-6-7-12/h10-12H,4-8H2,1-3H3,(H,18,22)/t16-/m0/s1. The van der Waals surface area contributed by atoms with Gasteiger partial charge in [0.25, 0.3) is 0 Å². The Labute approximate surface area is 141 Å². The molecule has 1 atom stereocenters. The van der Waals surface area contributed by atoms with E-state index in [0.717, 1.165) is 11.0 Å². The summed E-state index contributed by atoms with van der Waals surface area (Å²) in [7, 11) is 0. The van der Waals surface area contributed by atoms with Gasteiger partial charge in [0, 0.05) is 12.0 Å². The van der Waals surface area contributed by atoms with Crippen LogP contribution < -0.4 is 5.32 Å². The van der Waals surface area contributed by atoms with Crippen molar-refractivity contribution in [3.05, 3.63) is 5.82 Å². The van der Waals surface area contributed by atoms with Gasteiger partial charge in [-0.2, -0.15) is 5.26 Å². The highest BCUT2D eigenvalue weighted by molar-refractivity contribution is 7.99. The lowest BCUT2D eigenvalue weighted by Gasteiger charge is -2.27. The van der Waals surface area contributed by atoms with Crippen molar-refractivity contribution in [1.29, 1.82) is 5.26 Å². The monoisotopic (exact) mass is 333 g/mol. The second-order valence-electron chi connectivity index (χ2n) is 7.02. The van der Waals surface area contributed by atoms with E-state index in [0.29, 0.717) is 12.0 Å². The molecular formula is C16H23N5OS. The molecule has 1 N–H and O–H groups in total. The molecule has 0 unspecified atom stereocenters. The van der Waals surface area contributed by atoms with E-state index < -0.39 is 5.54 Å². The van der Waals surface area contributed by atoms with Crippen molar-refractivity contribution in [3.63, 3.8) is 0 Å². The molecule has 2 aliphatic carbocycles. The van der Waals surface area contributed by atoms with Crippen LogP contribution in [0.1, 0.15) is 64.2 Å². The number of thioether (sulfide) groups is 1. The Morgan fingerprint density at radius 1 is 1.43 bits per heavy atom. The van der Waals surface area contributed by atoms with Gasteiger partial charge in [-0.05, 0) is 38.5 Å². The third-order valence-electron chi connectivity index (χ3n) is 4.66. The van der Waals surface area contributed by atoms with Crippen LogP contribution in [0.3, 0.4) is 0 Å². The zero-order valence-corrected chi connectivity index (χ0v) is 14.7. The van der Waals surface area contributed by atoms with Crippen LogP contribution in [0.25, 0.3) is 0 Å². The average Bonchev–Trinajstić information content (AvgIpc) is 3.43. The molecule has 7 heteroatoms. The first-order chi connectivity index (χ1) is 10.9. The van der Waals surface area contributed by atoms with Gasteiger partial charge in [0.1, 0.15) is 11.4 Å². The number of nitriles is 1. The highest BCUT2D eigenvalue weighted by Gasteiger charge is 2.36. The summed E-state index contributed by atoms with van der Waals surface area (Å²) >= 11 is 1.42. The van der Waals surface area contributed by atoms with E-state index in [1.165, 1.54) is 37.4 Å². The quantitative estimate of drug-likeness (QED) is 0.776. The molecule has 124 valence electrons. The van der Waals surface area contributed by atoms with Crippen LogP contribution in [0.2, 0.25) is 0 Å². The molecule has 0 aromatic carbocycles. The number of nitrogens with one attached hydrogen (secondary N) is 1. The van der Waals surface area contributed by atoms with Crippen molar-refractivity contribution in [2.24, 2.45) is 5.92 Å². The molecule has 1 aromatic heterocycles. The van der Waals surface area contributed by atoms with Gasteiger partial charge in [-0.3, -0.25) is 4.79 Å². The molecular weight excluding hydrogens is 310 g/mol. The van der Waals surface area contributed by atoms with Crippen LogP contribution in [0.15, 0.2) is 5.16 Å². The van der Waals surface area contributed by atoms with E-state index in [9.17, 15) is 10.1 Å². The van der Waals surface area contributed by atoms with Gasteiger partial charge in [0.15, 0.2) is 5.16 Å². The molecule has 2 saturated carbocycles. The van der Waals surface area contributed by atoms with Crippen LogP contribution in [-0.2, 0) is 4.79 Å². The lowest BCUT2D eigenvalue weighted by molar-refractivity contribution is -0.120. The van der Waals surface area contributed by atoms with Gasteiger partial charge in [0.05, 0.1) is 11.8 Å². The Bertz CT molecular complexity index is 641. The summed E-state index contributed by atoms with van der Waals surface area (Å²) in [5.41, 5.74) is -0.832. The van der Waals surface area contributed by atoms with Crippen molar-refractivity contribution < 1.29 is 4.79 Å². The van der Waals surface area contributed by atoms with E-state index in [4.69, 9.17) is 0 Å². The van der Waals surface area contributed by atoms with Crippen LogP contribution in [0, 0.1) is 17.2 Å². The van der Waals surface area contributed by atoms with Gasteiger partial charge in [-0.1, -0.05) is 25.6 Å². The summed E-state index contributed by atoms with van der Waals surface area (Å²) in [6, 6.07) is 2.72. The van der Waals surface area contributed by atoms with Crippen LogP contribution >= 0.6 is 11.8 Å². The van der Waals surface area contributed by atoms with Crippen molar-refractivity contribution >= 4 is 17.7 Å². The zero-order chi connectivity index (χ0) is 16.6. The maximum Gasteiger partial charge on any atom is 0.231 e. The number of rotatable bonds is 7. The molecule has 6 nitrogen and oxygen atoms in total. The smallest absolute Gasteiger partial charge is 0.231 e. The van der Waals surface area contributed by atoms with Crippen LogP contribution in [0.4, 0.5) is 0 Å². The molecule has 1 heterocycles. The summed E-state index contributed by atoms with van der Waals surface area (Å²) in [6.45, 7) is 5.63. The summed E-state index contributed by atoms with van der Waals surface area (Å²) in [5, 5.41) is 21.6. The van der Waals surface area contributed by atoms with Crippen molar-refractivity contribution in [2.75, 3.05) is 5.75 Å². The Kier molecular flexibility index (Phi) is 4.37. The van der Waals surface area contributed by atoms with Gasteiger partial charge < -0.3 is 9.88 Å². The lowest BCUT2D eigenvalue weighted by Crippen LogP contribution is -2.49. The molecule has 0 spiro atoms. The summed E-state index contributed by atoms with van der Waals surface area (Å²) < 4.78 is 2.24. The highest BCUT2D eigenvalue weighted by atomic mass is 32.2. The lowest BCUT2D eigenvalue weighted by atomic mass is 9.90. The third-order valence-corrected chi connectivity index (χ3v) is 5.61. The largest absolute Gasteiger partial charge is 0.337 e. The summed E-state index contributed by atoms with van der Waals surface area (Å²) in [6.07, 6.45) is 4.75. The average molecular weight is 333 g/mol. The van der Waals surface area contributed by atoms with E-state index in [2.05, 4.69) is 26.2 Å². The first kappa shape index (κ1) is 16.3. The summed E-state index contributed by atoms with van der Waals surface area (Å²) in [4.78, 5) is 12.2. The first-order valence-corrected chi connectivity index (χ1v) is 9.23. The molecule has 1 aromatic rings. The van der Waals surface area contributed by atoms with E-state index in [1.54, 1.807) is 6.92 Å². The minimum Gasteiger partial charge on any atom is -0.337 e. The van der Waals surface area contributed by atoms with E-state index >= 15 is 0 Å². The maximum atomic E-state index is 12.2. The predicted octanol–water partition coefficient (Wildman–Crippen LogP) is 2.64. The fraction of sp³-hybridized carbons (Fsp3) is 0.750. The van der Waals surface area contributed by atoms with Gasteiger partial charge in [-0.25, -0.2) is 0 Å². The number of hydrogen-bond donors (Lipinski definition) is 1. The zero-order valence-electron chi connectivity index (χ0n) is 13.9. The molecule has 0 aliphatic heterocycles. The SMILES string of the molecule is CC(C)[C@](C)(C#N)NC(=O)CSc1nnc(C2CC2)n1C1CC1. The minimum atomic E-state index is -0.832. The van der Waals surface area contributed by atoms with Gasteiger partial charge in [-0.15, -0.1) is 10.2 Å². The number of carbonyl (C=O) groups is 1. The number of hydrogen-bond acceptors (Lipinski definition) is 5. The van der Waals surface area contributed by atoms with Crippen LogP contribution in [-0.4, -0.2) is 32.0 Å². The second kappa shape index (κ2) is 6.16. The highest BCUT2D eigenvalue weighted by Crippen LogP contribution is 2.45. The Hall–Kier alpha value is -1.55. The normalized spacial score (nSPS) is 20.1. The Morgan fingerprint density at radius 2 is 2.13 bits per heavy atom. The fourth-order valence-corrected chi connectivity index (χ4v) is 3.25. The second-order valence-corrected chi connectivity index (χ2v) is 7.96. The molecule has 3 rings (SSSR count). The maximum absolute atomic E-state index is 12.2. The number of amides is 1. The van der Waals surface area contributed by atoms with E-state index in [1.807, 2.05) is 13.8 Å². The Balaban J connectivity index is 1.62. The minimum absolute atomic E-state index is 0.0537. The molecule has 1 amide bonds. The fourth-order valence-electron chi connectivity index (χ4n) is 2.44. The number of nitrogens with zero attached hydrogens (tertiary/aromatic N) is 4. The van der Waals surface area contributed by atoms with Crippen molar-refractivity contribution in [1.82, 2.24) is 20.1 Å². The third kappa shape index (κ3) is 3.52. The summed E-state index contributed by atoms with van der Waals surface area (Å²) in [5.74, 6) is 1.84. The van der Waals surface area contributed by atoms with Gasteiger partial charge >= 0.3 is 0 Å². The van der Waals surface area contributed by atoms with Crippen molar-refractivity contribution in [3.8, 4) is 6.07 Å². The number of aromatic nitrogens is 3. The Morgan fingerprint density at radius 3 is 2.65 bits per heavy atom. The topological polar surface area (TPSA) is 83.6 Å². The van der Waals surface area contributed by atoms with Crippen molar-refractivity contribution in [2.45, 2.75) is 69.1 Å². The van der Waals surface area contributed by atoms with E-state index in [-0.39, 0.29) is 17.6 Å². The molecule has 2 fully saturated rings. The predicted molar refractivity (Wildman–Crippen MR) is 88.0 cm³/mol. The molecule has 0 bridgehead atoms. The molecule has 2 aliphatic rings. The molecule has 23 heavy (non-hydrogen) atoms. The first-order valence-electron chi connectivity index (χ1n) is 8.24. The van der Waals surface area contributed by atoms with Crippen LogP contribution in [0.5, 0.6) is 0 Å². The van der Waals surface area contributed by atoms with Gasteiger partial charge in [0.2, 0.25) is 5.91 Å². The molecule has 0 radical (unpaired) electrons.